The maximum atomic E-state index is 7.65. The minimum Gasteiger partial charge on any atom is -0.448 e. The molecule has 1 aromatic heterocycles. The average Bonchev–Trinajstić information content (AvgIpc) is 2.65. The van der Waals surface area contributed by atoms with Crippen LogP contribution in [0.3, 0.4) is 0 Å². The summed E-state index contributed by atoms with van der Waals surface area (Å²) in [5, 5.41) is 8.09. The highest BCUT2D eigenvalue weighted by Crippen LogP contribution is 2.18. The van der Waals surface area contributed by atoms with Gasteiger partial charge < -0.3 is 4.42 Å². The summed E-state index contributed by atoms with van der Waals surface area (Å²) in [5.41, 5.74) is 0. The molecular weight excluding hydrogens is 184 g/mol. The fourth-order valence-electron chi connectivity index (χ4n) is 0.896. The van der Waals surface area contributed by atoms with Crippen LogP contribution in [0.2, 0.25) is 0 Å². The minimum absolute atomic E-state index is 0.438. The Hall–Kier alpha value is -1.16. The van der Waals surface area contributed by atoms with Crippen molar-refractivity contribution in [3.63, 3.8) is 0 Å². The number of nitrogens with one attached hydrogen (secondary N) is 1. The molecule has 4 heteroatoms. The lowest BCUT2D eigenvalue weighted by Gasteiger charge is -2.15. The molecule has 0 aliphatic carbocycles. The van der Waals surface area contributed by atoms with Crippen molar-refractivity contribution in [1.82, 2.24) is 0 Å². The van der Waals surface area contributed by atoms with Crippen molar-refractivity contribution >= 4 is 22.8 Å². The minimum atomic E-state index is 0.438. The Morgan fingerprint density at radius 1 is 1.69 bits per heavy atom. The summed E-state index contributed by atoms with van der Waals surface area (Å²) in [5.74, 6) is 0.664. The van der Waals surface area contributed by atoms with Crippen LogP contribution in [0, 0.1) is 5.41 Å². The molecule has 3 nitrogen and oxygen atoms in total. The number of amidine groups is 1. The number of furan rings is 1. The van der Waals surface area contributed by atoms with Gasteiger partial charge >= 0.3 is 0 Å². The van der Waals surface area contributed by atoms with Crippen LogP contribution in [0.4, 0.5) is 5.88 Å². The zero-order chi connectivity index (χ0) is 9.68. The smallest absolute Gasteiger partial charge is 0.205 e. The van der Waals surface area contributed by atoms with Crippen LogP contribution < -0.4 is 4.90 Å². The Morgan fingerprint density at radius 3 is 2.92 bits per heavy atom. The molecule has 0 bridgehead atoms. The van der Waals surface area contributed by atoms with Gasteiger partial charge in [-0.25, -0.2) is 0 Å². The summed E-state index contributed by atoms with van der Waals surface area (Å²) < 4.78 is 5.19. The average molecular weight is 196 g/mol. The van der Waals surface area contributed by atoms with E-state index < -0.39 is 0 Å². The molecule has 1 N–H and O–H groups in total. The van der Waals surface area contributed by atoms with Gasteiger partial charge in [0, 0.05) is 12.3 Å². The van der Waals surface area contributed by atoms with Gasteiger partial charge in [-0.3, -0.25) is 10.3 Å². The van der Waals surface area contributed by atoms with Gasteiger partial charge in [0.25, 0.3) is 0 Å². The van der Waals surface area contributed by atoms with Gasteiger partial charge in [0.1, 0.15) is 0 Å². The van der Waals surface area contributed by atoms with Gasteiger partial charge in [0.15, 0.2) is 5.17 Å². The number of anilines is 1. The number of allylic oxidation sites excluding steroid dienone is 1. The van der Waals surface area contributed by atoms with E-state index in [1.54, 1.807) is 23.4 Å². The summed E-state index contributed by atoms with van der Waals surface area (Å²) in [4.78, 5) is 1.69. The number of rotatable bonds is 2. The van der Waals surface area contributed by atoms with Gasteiger partial charge in [-0.05, 0) is 19.2 Å². The molecule has 0 aliphatic rings. The van der Waals surface area contributed by atoms with E-state index in [0.29, 0.717) is 11.1 Å². The molecular formula is C9H12N2OS. The van der Waals surface area contributed by atoms with Crippen LogP contribution >= 0.6 is 11.8 Å². The molecule has 1 rings (SSSR count). The highest BCUT2D eigenvalue weighted by atomic mass is 32.2. The summed E-state index contributed by atoms with van der Waals surface area (Å²) in [6.45, 7) is 1.91. The lowest BCUT2D eigenvalue weighted by Crippen LogP contribution is -2.20. The van der Waals surface area contributed by atoms with Gasteiger partial charge in [-0.1, -0.05) is 17.8 Å². The van der Waals surface area contributed by atoms with Gasteiger partial charge in [-0.15, -0.1) is 0 Å². The lowest BCUT2D eigenvalue weighted by atomic mass is 10.5. The van der Waals surface area contributed by atoms with Crippen LogP contribution in [0.25, 0.3) is 0 Å². The third kappa shape index (κ3) is 2.39. The molecule has 0 saturated carbocycles. The SMILES string of the molecule is CC=CN(C(=N)SC)c1ccco1. The van der Waals surface area contributed by atoms with E-state index in [0.717, 1.165) is 0 Å². The van der Waals surface area contributed by atoms with E-state index >= 15 is 0 Å². The first-order valence-electron chi connectivity index (χ1n) is 3.87. The van der Waals surface area contributed by atoms with E-state index in [-0.39, 0.29) is 0 Å². The predicted molar refractivity (Wildman–Crippen MR) is 57.2 cm³/mol. The quantitative estimate of drug-likeness (QED) is 0.584. The fourth-order valence-corrected chi connectivity index (χ4v) is 1.24. The monoisotopic (exact) mass is 196 g/mol. The van der Waals surface area contributed by atoms with E-state index in [1.165, 1.54) is 11.8 Å². The van der Waals surface area contributed by atoms with Crippen molar-refractivity contribution in [2.45, 2.75) is 6.92 Å². The molecule has 0 aliphatic heterocycles. The van der Waals surface area contributed by atoms with Crippen LogP contribution in [-0.2, 0) is 0 Å². The first-order valence-corrected chi connectivity index (χ1v) is 5.10. The highest BCUT2D eigenvalue weighted by molar-refractivity contribution is 8.13. The second kappa shape index (κ2) is 4.77. The maximum Gasteiger partial charge on any atom is 0.205 e. The third-order valence-electron chi connectivity index (χ3n) is 1.45. The standard InChI is InChI=1S/C9H12N2OS/c1-3-6-11(9(10)13-2)8-5-4-7-12-8/h3-7,10H,1-2H3. The van der Waals surface area contributed by atoms with Crippen molar-refractivity contribution in [3.8, 4) is 0 Å². The normalized spacial score (nSPS) is 10.6. The van der Waals surface area contributed by atoms with Crippen molar-refractivity contribution in [2.75, 3.05) is 11.2 Å². The number of thioether (sulfide) groups is 1. The largest absolute Gasteiger partial charge is 0.448 e. The molecule has 0 radical (unpaired) electrons. The van der Waals surface area contributed by atoms with Crippen molar-refractivity contribution in [2.24, 2.45) is 0 Å². The van der Waals surface area contributed by atoms with E-state index in [1.807, 2.05) is 25.3 Å². The van der Waals surface area contributed by atoms with Gasteiger partial charge in [-0.2, -0.15) is 0 Å². The summed E-state index contributed by atoms with van der Waals surface area (Å²) in [6, 6.07) is 3.63. The molecule has 0 spiro atoms. The number of hydrogen-bond acceptors (Lipinski definition) is 3. The summed E-state index contributed by atoms with van der Waals surface area (Å²) in [6.07, 6.45) is 7.13. The lowest BCUT2D eigenvalue weighted by molar-refractivity contribution is 0.575. The maximum absolute atomic E-state index is 7.65. The molecule has 1 aromatic rings. The van der Waals surface area contributed by atoms with Crippen molar-refractivity contribution < 1.29 is 4.42 Å². The van der Waals surface area contributed by atoms with Gasteiger partial charge in [0.2, 0.25) is 5.88 Å². The van der Waals surface area contributed by atoms with E-state index in [2.05, 4.69) is 0 Å². The van der Waals surface area contributed by atoms with Crippen LogP contribution in [0.15, 0.2) is 35.1 Å². The Labute approximate surface area is 81.9 Å². The Bertz CT molecular complexity index is 293. The molecule has 0 amide bonds. The number of nitrogens with zero attached hydrogens (tertiary/aromatic N) is 1. The van der Waals surface area contributed by atoms with Gasteiger partial charge in [0.05, 0.1) is 6.26 Å². The van der Waals surface area contributed by atoms with E-state index in [9.17, 15) is 0 Å². The molecule has 0 saturated heterocycles. The van der Waals surface area contributed by atoms with E-state index in [4.69, 9.17) is 9.83 Å². The zero-order valence-electron chi connectivity index (χ0n) is 7.65. The Kier molecular flexibility index (Phi) is 3.64. The first-order chi connectivity index (χ1) is 6.29. The Morgan fingerprint density at radius 2 is 2.46 bits per heavy atom. The van der Waals surface area contributed by atoms with Crippen molar-refractivity contribution in [3.05, 3.63) is 30.7 Å². The molecule has 13 heavy (non-hydrogen) atoms. The molecule has 1 heterocycles. The molecule has 0 unspecified atom stereocenters. The van der Waals surface area contributed by atoms with Crippen LogP contribution in [0.1, 0.15) is 6.92 Å². The second-order valence-corrected chi connectivity index (χ2v) is 3.11. The Balaban J connectivity index is 2.86. The topological polar surface area (TPSA) is 40.2 Å². The predicted octanol–water partition coefficient (Wildman–Crippen LogP) is 2.92. The third-order valence-corrected chi connectivity index (χ3v) is 2.04. The van der Waals surface area contributed by atoms with Crippen molar-refractivity contribution in [1.29, 1.82) is 5.41 Å². The van der Waals surface area contributed by atoms with Crippen LogP contribution in [-0.4, -0.2) is 11.4 Å². The summed E-state index contributed by atoms with van der Waals surface area (Å²) in [7, 11) is 0. The number of hydrogen-bond donors (Lipinski definition) is 1. The highest BCUT2D eigenvalue weighted by Gasteiger charge is 2.09. The fraction of sp³-hybridized carbons (Fsp3) is 0.222. The first kappa shape index (κ1) is 9.92. The second-order valence-electron chi connectivity index (χ2n) is 2.31. The molecule has 70 valence electrons. The molecule has 0 atom stereocenters. The zero-order valence-corrected chi connectivity index (χ0v) is 8.47. The molecule has 0 fully saturated rings. The van der Waals surface area contributed by atoms with Crippen LogP contribution in [0.5, 0.6) is 0 Å². The summed E-state index contributed by atoms with van der Waals surface area (Å²) >= 11 is 1.37. The molecule has 0 aromatic carbocycles.